The maximum atomic E-state index is 6.34. The van der Waals surface area contributed by atoms with Gasteiger partial charge < -0.3 is 4.42 Å². The van der Waals surface area contributed by atoms with Gasteiger partial charge in [-0.3, -0.25) is 0 Å². The lowest BCUT2D eigenvalue weighted by atomic mass is 9.67. The topological polar surface area (TPSA) is 51.8 Å². The molecule has 0 amide bonds. The molecule has 1 aliphatic heterocycles. The van der Waals surface area contributed by atoms with Crippen molar-refractivity contribution >= 4 is 55.4 Å². The molecular weight excluding hydrogens is 811 g/mol. The van der Waals surface area contributed by atoms with Crippen LogP contribution in [0.2, 0.25) is 0 Å². The molecule has 0 atom stereocenters. The van der Waals surface area contributed by atoms with E-state index in [2.05, 4.69) is 170 Å². The first kappa shape index (κ1) is 36.4. The molecule has 1 aliphatic carbocycles. The molecule has 9 aromatic carbocycles. The van der Waals surface area contributed by atoms with Crippen molar-refractivity contribution in [3.8, 4) is 56.3 Å². The zero-order valence-electron chi connectivity index (χ0n) is 34.9. The quantitative estimate of drug-likeness (QED) is 0.165. The van der Waals surface area contributed by atoms with Crippen molar-refractivity contribution in [2.75, 3.05) is 0 Å². The van der Waals surface area contributed by atoms with Crippen LogP contribution in [0, 0.1) is 0 Å². The summed E-state index contributed by atoms with van der Waals surface area (Å²) in [5.74, 6) is 0.659. The van der Waals surface area contributed by atoms with Gasteiger partial charge in [-0.2, -0.15) is 0 Å². The first-order chi connectivity index (χ1) is 32.2. The van der Waals surface area contributed by atoms with Gasteiger partial charge in [-0.05, 0) is 81.2 Å². The van der Waals surface area contributed by atoms with Crippen LogP contribution >= 0.6 is 11.8 Å². The number of rotatable bonds is 4. The minimum Gasteiger partial charge on any atom is -0.456 e. The van der Waals surface area contributed by atoms with Gasteiger partial charge in [0.25, 0.3) is 0 Å². The smallest absolute Gasteiger partial charge is 0.160 e. The van der Waals surface area contributed by atoms with Crippen LogP contribution in [0.3, 0.4) is 0 Å². The number of nitrogens with zero attached hydrogens (tertiary/aromatic N) is 3. The minimum absolute atomic E-state index is 0.491. The predicted molar refractivity (Wildman–Crippen MR) is 265 cm³/mol. The van der Waals surface area contributed by atoms with Crippen molar-refractivity contribution in [3.63, 3.8) is 0 Å². The average molecular weight is 846 g/mol. The Bertz CT molecular complexity index is 3890. The normalized spacial score (nSPS) is 13.3. The molecule has 5 heteroatoms. The highest BCUT2D eigenvalue weighted by molar-refractivity contribution is 7.99. The molecule has 0 radical (unpaired) electrons. The summed E-state index contributed by atoms with van der Waals surface area (Å²) in [5.41, 5.74) is 16.6. The zero-order valence-corrected chi connectivity index (χ0v) is 35.7. The Morgan fingerprint density at radius 3 is 1.82 bits per heavy atom. The second kappa shape index (κ2) is 13.9. The van der Waals surface area contributed by atoms with Crippen molar-refractivity contribution in [1.82, 2.24) is 15.0 Å². The van der Waals surface area contributed by atoms with Crippen molar-refractivity contribution < 1.29 is 4.42 Å². The summed E-state index contributed by atoms with van der Waals surface area (Å²) < 4.78 is 6.34. The van der Waals surface area contributed by atoms with Crippen LogP contribution < -0.4 is 0 Å². The Balaban J connectivity index is 1.03. The summed E-state index contributed by atoms with van der Waals surface area (Å²) in [7, 11) is 0. The minimum atomic E-state index is -0.491. The van der Waals surface area contributed by atoms with E-state index in [-0.39, 0.29) is 0 Å². The van der Waals surface area contributed by atoms with E-state index in [0.29, 0.717) is 5.82 Å². The van der Waals surface area contributed by atoms with Crippen LogP contribution in [0.1, 0.15) is 22.3 Å². The van der Waals surface area contributed by atoms with Crippen LogP contribution in [-0.4, -0.2) is 15.0 Å². The molecule has 3 aromatic heterocycles. The van der Waals surface area contributed by atoms with E-state index in [1.165, 1.54) is 48.6 Å². The maximum Gasteiger partial charge on any atom is 0.160 e. The third-order valence-corrected chi connectivity index (χ3v) is 14.7. The fourth-order valence-corrected chi connectivity index (χ4v) is 12.0. The first-order valence-electron chi connectivity index (χ1n) is 22.0. The monoisotopic (exact) mass is 845 g/mol. The number of fused-ring (bicyclic) bond motifs is 15. The van der Waals surface area contributed by atoms with Crippen molar-refractivity contribution in [3.05, 3.63) is 235 Å². The Morgan fingerprint density at radius 1 is 0.369 bits per heavy atom. The number of furan rings is 1. The first-order valence-corrected chi connectivity index (χ1v) is 22.8. The second-order valence-corrected chi connectivity index (χ2v) is 18.1. The van der Waals surface area contributed by atoms with Crippen LogP contribution in [0.15, 0.2) is 227 Å². The average Bonchev–Trinajstić information content (AvgIpc) is 3.90. The Kier molecular flexibility index (Phi) is 7.80. The molecule has 0 unspecified atom stereocenters. The lowest BCUT2D eigenvalue weighted by molar-refractivity contribution is 0.669. The number of hydrogen-bond donors (Lipinski definition) is 0. The van der Waals surface area contributed by atoms with E-state index < -0.39 is 5.41 Å². The molecule has 0 saturated carbocycles. The van der Waals surface area contributed by atoms with E-state index in [1.54, 1.807) is 0 Å². The number of aromatic nitrogens is 3. The van der Waals surface area contributed by atoms with Gasteiger partial charge in [-0.25, -0.2) is 15.0 Å². The van der Waals surface area contributed by atoms with E-state index >= 15 is 0 Å². The molecule has 14 rings (SSSR count). The summed E-state index contributed by atoms with van der Waals surface area (Å²) in [6, 6.07) is 76.0. The van der Waals surface area contributed by atoms with Crippen LogP contribution in [0.5, 0.6) is 0 Å². The molecule has 0 N–H and O–H groups in total. The predicted octanol–water partition coefficient (Wildman–Crippen LogP) is 15.6. The van der Waals surface area contributed by atoms with Crippen molar-refractivity contribution in [1.29, 1.82) is 0 Å². The summed E-state index contributed by atoms with van der Waals surface area (Å²) in [5, 5.41) is 5.50. The molecule has 4 nitrogen and oxygen atoms in total. The molecule has 0 fully saturated rings. The Hall–Kier alpha value is -8.12. The van der Waals surface area contributed by atoms with Gasteiger partial charge in [0.2, 0.25) is 0 Å². The largest absolute Gasteiger partial charge is 0.456 e. The van der Waals surface area contributed by atoms with Crippen molar-refractivity contribution in [2.24, 2.45) is 0 Å². The number of para-hydroxylation sites is 1. The van der Waals surface area contributed by atoms with Gasteiger partial charge in [-0.1, -0.05) is 182 Å². The van der Waals surface area contributed by atoms with Crippen molar-refractivity contribution in [2.45, 2.75) is 15.2 Å². The molecule has 302 valence electrons. The van der Waals surface area contributed by atoms with Gasteiger partial charge >= 0.3 is 0 Å². The lowest BCUT2D eigenvalue weighted by Gasteiger charge is -2.40. The fraction of sp³-hybridized carbons (Fsp3) is 0.0167. The molecule has 0 bridgehead atoms. The standard InChI is InChI=1S/C60H35N3OS/c1-3-16-36(17-4-1)58-45-34-56-49(60(48-26-12-14-29-55(48)65-56)46-24-10-7-20-39(46)40-21-8-11-25-47(40)60)33-44(45)41-31-30-38(32-51(41)61-58)50-35-52(63-59(62-50)37-18-5-2-6-19-37)42-23-15-28-54-57(42)43-22-9-13-27-53(43)64-54/h1-35H. The highest BCUT2D eigenvalue weighted by atomic mass is 32.2. The van der Waals surface area contributed by atoms with Gasteiger partial charge in [0.15, 0.2) is 5.82 Å². The third kappa shape index (κ3) is 5.30. The molecular formula is C60H35N3OS. The van der Waals surface area contributed by atoms with Gasteiger partial charge in [0, 0.05) is 53.6 Å². The zero-order chi connectivity index (χ0) is 42.6. The molecule has 2 aliphatic rings. The van der Waals surface area contributed by atoms with Gasteiger partial charge in [-0.15, -0.1) is 0 Å². The van der Waals surface area contributed by atoms with Crippen LogP contribution in [0.25, 0.3) is 99.9 Å². The Labute approximate surface area is 378 Å². The van der Waals surface area contributed by atoms with E-state index in [4.69, 9.17) is 19.4 Å². The van der Waals surface area contributed by atoms with E-state index in [9.17, 15) is 0 Å². The van der Waals surface area contributed by atoms with Crippen LogP contribution in [-0.2, 0) is 5.41 Å². The molecule has 4 heterocycles. The number of hydrogen-bond acceptors (Lipinski definition) is 5. The van der Waals surface area contributed by atoms with E-state index in [1.807, 2.05) is 54.2 Å². The number of pyridine rings is 1. The second-order valence-electron chi connectivity index (χ2n) is 17.0. The molecule has 12 aromatic rings. The molecule has 65 heavy (non-hydrogen) atoms. The van der Waals surface area contributed by atoms with Gasteiger partial charge in [0.05, 0.1) is 28.0 Å². The summed E-state index contributed by atoms with van der Waals surface area (Å²) in [4.78, 5) is 18.6. The SMILES string of the molecule is c1ccc(-c2nc(-c3ccc4c(c3)nc(-c3ccccc3)c3cc5c(cc34)C3(c4ccccc4S5)c4ccccc4-c4ccccc43)cc(-c3cccc4oc5ccccc5c34)n2)cc1. The summed E-state index contributed by atoms with van der Waals surface area (Å²) >= 11 is 1.87. The highest BCUT2D eigenvalue weighted by Crippen LogP contribution is 2.63. The summed E-state index contributed by atoms with van der Waals surface area (Å²) in [6.45, 7) is 0. The third-order valence-electron chi connectivity index (χ3n) is 13.5. The maximum absolute atomic E-state index is 6.34. The van der Waals surface area contributed by atoms with Gasteiger partial charge in [0.1, 0.15) is 11.2 Å². The van der Waals surface area contributed by atoms with Crippen LogP contribution in [0.4, 0.5) is 0 Å². The fourth-order valence-electron chi connectivity index (χ4n) is 10.8. The van der Waals surface area contributed by atoms with E-state index in [0.717, 1.165) is 77.6 Å². The summed E-state index contributed by atoms with van der Waals surface area (Å²) in [6.07, 6.45) is 0. The molecule has 1 spiro atoms. The number of benzene rings is 9. The molecule has 0 saturated heterocycles. The highest BCUT2D eigenvalue weighted by Gasteiger charge is 2.50. The lowest BCUT2D eigenvalue weighted by Crippen LogP contribution is -2.32. The Morgan fingerprint density at radius 2 is 1.02 bits per heavy atom.